The molecule has 0 aromatic heterocycles. The van der Waals surface area contributed by atoms with Gasteiger partial charge in [-0.3, -0.25) is 19.7 Å². The van der Waals surface area contributed by atoms with Crippen LogP contribution < -0.4 is 17.2 Å². The quantitative estimate of drug-likeness (QED) is 0.234. The molecule has 0 radical (unpaired) electrons. The van der Waals surface area contributed by atoms with Crippen LogP contribution in [-0.4, -0.2) is 40.9 Å². The van der Waals surface area contributed by atoms with Crippen molar-refractivity contribution in [1.82, 2.24) is 0 Å². The minimum Gasteiger partial charge on any atom is -0.480 e. The SMILES string of the molecule is NC1CCCCC1.NCCCCC(N)C(=O)O.O=Cc1cccc([N+](=O)[O-])c1. The summed E-state index contributed by atoms with van der Waals surface area (Å²) in [6.45, 7) is 0.604. The lowest BCUT2D eigenvalue weighted by molar-refractivity contribution is -0.384. The lowest BCUT2D eigenvalue weighted by atomic mass is 9.97. The minimum atomic E-state index is -0.933. The van der Waals surface area contributed by atoms with E-state index in [-0.39, 0.29) is 5.69 Å². The number of rotatable bonds is 7. The van der Waals surface area contributed by atoms with Crippen LogP contribution in [-0.2, 0) is 4.79 Å². The molecule has 1 aromatic carbocycles. The van der Waals surface area contributed by atoms with Crippen LogP contribution in [0.2, 0.25) is 0 Å². The summed E-state index contributed by atoms with van der Waals surface area (Å²) in [5, 5.41) is 18.5. The van der Waals surface area contributed by atoms with Gasteiger partial charge in [0.05, 0.1) is 4.92 Å². The number of nitrogens with two attached hydrogens (primary N) is 3. The Hall–Kier alpha value is -2.36. The predicted molar refractivity (Wildman–Crippen MR) is 108 cm³/mol. The van der Waals surface area contributed by atoms with E-state index in [1.807, 2.05) is 0 Å². The van der Waals surface area contributed by atoms with E-state index in [2.05, 4.69) is 0 Å². The Morgan fingerprint density at radius 2 is 1.93 bits per heavy atom. The standard InChI is InChI=1S/C7H5NO3.C6H14N2O2.C6H13N/c9-5-6-2-1-3-7(4-6)8(10)11;7-4-2-1-3-5(8)6(9)10;7-6-4-2-1-3-5-6/h1-5H;5H,1-4,7-8H2,(H,9,10);6H,1-5,7H2. The molecule has 9 nitrogen and oxygen atoms in total. The number of nitro groups is 1. The number of nitro benzene ring substituents is 1. The highest BCUT2D eigenvalue weighted by Crippen LogP contribution is 2.14. The fourth-order valence-corrected chi connectivity index (χ4v) is 2.48. The van der Waals surface area contributed by atoms with Gasteiger partial charge in [-0.2, -0.15) is 0 Å². The summed E-state index contributed by atoms with van der Waals surface area (Å²) in [5.74, 6) is -0.933. The molecule has 28 heavy (non-hydrogen) atoms. The van der Waals surface area contributed by atoms with Crippen LogP contribution >= 0.6 is 0 Å². The van der Waals surface area contributed by atoms with Crippen molar-refractivity contribution in [2.45, 2.75) is 63.5 Å². The molecule has 0 saturated heterocycles. The van der Waals surface area contributed by atoms with Crippen LogP contribution in [0.3, 0.4) is 0 Å². The molecule has 0 amide bonds. The number of hydrogen-bond donors (Lipinski definition) is 4. The zero-order chi connectivity index (χ0) is 21.4. The maximum absolute atomic E-state index is 10.2. The predicted octanol–water partition coefficient (Wildman–Crippen LogP) is 2.21. The zero-order valence-corrected chi connectivity index (χ0v) is 16.2. The van der Waals surface area contributed by atoms with E-state index in [9.17, 15) is 19.7 Å². The number of hydrogen-bond acceptors (Lipinski definition) is 7. The van der Waals surface area contributed by atoms with Gasteiger partial charge in [0, 0.05) is 23.7 Å². The molecule has 0 spiro atoms. The van der Waals surface area contributed by atoms with Crippen LogP contribution in [0.25, 0.3) is 0 Å². The number of unbranched alkanes of at least 4 members (excludes halogenated alkanes) is 1. The number of carbonyl (C=O) groups is 2. The van der Waals surface area contributed by atoms with E-state index in [1.54, 1.807) is 0 Å². The van der Waals surface area contributed by atoms with Gasteiger partial charge in [0.15, 0.2) is 0 Å². The van der Waals surface area contributed by atoms with E-state index in [1.165, 1.54) is 56.4 Å². The van der Waals surface area contributed by atoms with Crippen molar-refractivity contribution < 1.29 is 19.6 Å². The summed E-state index contributed by atoms with van der Waals surface area (Å²) in [7, 11) is 0. The van der Waals surface area contributed by atoms with E-state index in [4.69, 9.17) is 22.3 Å². The lowest BCUT2D eigenvalue weighted by Crippen LogP contribution is -2.29. The Morgan fingerprint density at radius 3 is 2.36 bits per heavy atom. The Bertz CT molecular complexity index is 591. The summed E-state index contributed by atoms with van der Waals surface area (Å²) < 4.78 is 0. The lowest BCUT2D eigenvalue weighted by Gasteiger charge is -2.15. The number of carboxylic acid groups (broad SMARTS) is 1. The van der Waals surface area contributed by atoms with E-state index < -0.39 is 16.9 Å². The molecular weight excluding hydrogens is 364 g/mol. The third kappa shape index (κ3) is 12.9. The number of nitrogens with zero attached hydrogens (tertiary/aromatic N) is 1. The third-order valence-electron chi connectivity index (χ3n) is 4.15. The maximum Gasteiger partial charge on any atom is 0.320 e. The minimum absolute atomic E-state index is 0.0606. The number of benzene rings is 1. The maximum atomic E-state index is 10.2. The fraction of sp³-hybridized carbons (Fsp3) is 0.579. The van der Waals surface area contributed by atoms with Gasteiger partial charge >= 0.3 is 5.97 Å². The average molecular weight is 396 g/mol. The van der Waals surface area contributed by atoms with Gasteiger partial charge in [-0.15, -0.1) is 0 Å². The molecule has 1 atom stereocenters. The number of non-ortho nitro benzene ring substituents is 1. The molecule has 7 N–H and O–H groups in total. The van der Waals surface area contributed by atoms with Crippen LogP contribution in [0, 0.1) is 10.1 Å². The molecule has 2 rings (SSSR count). The molecule has 1 aliphatic rings. The molecule has 1 saturated carbocycles. The first-order valence-corrected chi connectivity index (χ1v) is 9.45. The van der Waals surface area contributed by atoms with Gasteiger partial charge in [0.2, 0.25) is 0 Å². The number of aliphatic carboxylic acids is 1. The zero-order valence-electron chi connectivity index (χ0n) is 16.2. The first-order valence-electron chi connectivity index (χ1n) is 9.45. The van der Waals surface area contributed by atoms with Gasteiger partial charge in [-0.25, -0.2) is 0 Å². The molecular formula is C19H32N4O5. The van der Waals surface area contributed by atoms with Crippen LogP contribution in [0.4, 0.5) is 5.69 Å². The number of aldehydes is 1. The first-order chi connectivity index (χ1) is 13.3. The van der Waals surface area contributed by atoms with Gasteiger partial charge in [0.25, 0.3) is 5.69 Å². The Balaban J connectivity index is 0.000000400. The van der Waals surface area contributed by atoms with E-state index in [0.29, 0.717) is 30.9 Å². The summed E-state index contributed by atoms with van der Waals surface area (Å²) in [6, 6.07) is 5.38. The van der Waals surface area contributed by atoms with Crippen molar-refractivity contribution in [2.24, 2.45) is 17.2 Å². The van der Waals surface area contributed by atoms with Crippen LogP contribution in [0.15, 0.2) is 24.3 Å². The molecule has 1 unspecified atom stereocenters. The molecule has 0 aliphatic heterocycles. The monoisotopic (exact) mass is 396 g/mol. The van der Waals surface area contributed by atoms with Gasteiger partial charge in [-0.05, 0) is 32.2 Å². The van der Waals surface area contributed by atoms with Crippen LogP contribution in [0.5, 0.6) is 0 Å². The smallest absolute Gasteiger partial charge is 0.320 e. The van der Waals surface area contributed by atoms with Crippen molar-refractivity contribution in [3.63, 3.8) is 0 Å². The third-order valence-corrected chi connectivity index (χ3v) is 4.15. The molecule has 158 valence electrons. The average Bonchev–Trinajstić information content (AvgIpc) is 2.69. The van der Waals surface area contributed by atoms with E-state index >= 15 is 0 Å². The normalized spacial score (nSPS) is 14.5. The second-order valence-corrected chi connectivity index (χ2v) is 6.60. The molecule has 1 fully saturated rings. The Morgan fingerprint density at radius 1 is 1.29 bits per heavy atom. The second-order valence-electron chi connectivity index (χ2n) is 6.60. The first kappa shape index (κ1) is 25.6. The van der Waals surface area contributed by atoms with Gasteiger partial charge in [-0.1, -0.05) is 37.8 Å². The van der Waals surface area contributed by atoms with Crippen molar-refractivity contribution >= 4 is 17.9 Å². The topological polar surface area (TPSA) is 176 Å². The van der Waals surface area contributed by atoms with E-state index in [0.717, 1.165) is 12.8 Å². The Labute approximate surface area is 165 Å². The van der Waals surface area contributed by atoms with Gasteiger partial charge < -0.3 is 22.3 Å². The highest BCUT2D eigenvalue weighted by Gasteiger charge is 2.09. The summed E-state index contributed by atoms with van der Waals surface area (Å²) >= 11 is 0. The van der Waals surface area contributed by atoms with Crippen molar-refractivity contribution in [3.8, 4) is 0 Å². The summed E-state index contributed by atoms with van der Waals surface area (Å²) in [4.78, 5) is 29.9. The Kier molecular flexibility index (Phi) is 14.4. The highest BCUT2D eigenvalue weighted by atomic mass is 16.6. The number of carboxylic acids is 1. The highest BCUT2D eigenvalue weighted by molar-refractivity contribution is 5.75. The second kappa shape index (κ2) is 15.7. The van der Waals surface area contributed by atoms with Crippen LogP contribution in [0.1, 0.15) is 61.7 Å². The molecule has 0 bridgehead atoms. The molecule has 1 aromatic rings. The fourth-order valence-electron chi connectivity index (χ4n) is 2.48. The van der Waals surface area contributed by atoms with Crippen molar-refractivity contribution in [3.05, 3.63) is 39.9 Å². The molecule has 0 heterocycles. The van der Waals surface area contributed by atoms with Crippen molar-refractivity contribution in [1.29, 1.82) is 0 Å². The molecule has 1 aliphatic carbocycles. The molecule has 9 heteroatoms. The largest absolute Gasteiger partial charge is 0.480 e. The number of carbonyl (C=O) groups excluding carboxylic acids is 1. The summed E-state index contributed by atoms with van der Waals surface area (Å²) in [5.41, 5.74) is 16.3. The van der Waals surface area contributed by atoms with Gasteiger partial charge in [0.1, 0.15) is 12.3 Å². The summed E-state index contributed by atoms with van der Waals surface area (Å²) in [6.07, 6.45) is 9.40. The van der Waals surface area contributed by atoms with Crippen molar-refractivity contribution in [2.75, 3.05) is 6.54 Å².